The van der Waals surface area contributed by atoms with E-state index in [4.69, 9.17) is 5.26 Å². The largest absolute Gasteiger partial charge is 0.339 e. The molecule has 0 aliphatic carbocycles. The number of benzene rings is 2. The van der Waals surface area contributed by atoms with E-state index in [1.54, 1.807) is 12.1 Å². The highest BCUT2D eigenvalue weighted by atomic mass is 16.2. The summed E-state index contributed by atoms with van der Waals surface area (Å²) < 4.78 is 0. The van der Waals surface area contributed by atoms with E-state index in [0.29, 0.717) is 18.4 Å². The molecule has 2 heterocycles. The van der Waals surface area contributed by atoms with Gasteiger partial charge in [-0.2, -0.15) is 5.26 Å². The number of nitrogens with zero attached hydrogens (tertiary/aromatic N) is 3. The highest BCUT2D eigenvalue weighted by molar-refractivity contribution is 5.98. The Kier molecular flexibility index (Phi) is 6.13. The number of hydrogen-bond donors (Lipinski definition) is 0. The smallest absolute Gasteiger partial charge is 0.253 e. The Balaban J connectivity index is 1.44. The van der Waals surface area contributed by atoms with Crippen LogP contribution in [0.5, 0.6) is 0 Å². The predicted molar refractivity (Wildman–Crippen MR) is 116 cm³/mol. The van der Waals surface area contributed by atoms with Gasteiger partial charge in [0.05, 0.1) is 11.6 Å². The van der Waals surface area contributed by atoms with Gasteiger partial charge >= 0.3 is 0 Å². The van der Waals surface area contributed by atoms with Crippen LogP contribution in [0.2, 0.25) is 0 Å². The molecule has 0 radical (unpaired) electrons. The SMILES string of the molecule is N#Cc1ccc(CCC(=O)N2CCCc3cc(C(=O)N4CCCCC4)ccc32)cc1. The van der Waals surface area contributed by atoms with Crippen molar-refractivity contribution in [2.45, 2.75) is 44.9 Å². The second-order valence-corrected chi connectivity index (χ2v) is 8.15. The first-order valence-electron chi connectivity index (χ1n) is 10.9. The summed E-state index contributed by atoms with van der Waals surface area (Å²) in [6.07, 6.45) is 6.26. The summed E-state index contributed by atoms with van der Waals surface area (Å²) in [5, 5.41) is 8.90. The minimum Gasteiger partial charge on any atom is -0.339 e. The topological polar surface area (TPSA) is 64.4 Å². The maximum atomic E-state index is 12.9. The second kappa shape index (κ2) is 9.13. The molecule has 5 nitrogen and oxygen atoms in total. The number of carbonyl (C=O) groups is 2. The summed E-state index contributed by atoms with van der Waals surface area (Å²) in [6, 6.07) is 15.3. The molecule has 0 unspecified atom stereocenters. The monoisotopic (exact) mass is 401 g/mol. The van der Waals surface area contributed by atoms with Gasteiger partial charge in [0.25, 0.3) is 5.91 Å². The fourth-order valence-electron chi connectivity index (χ4n) is 4.40. The molecule has 2 aliphatic rings. The third-order valence-corrected chi connectivity index (χ3v) is 6.10. The average Bonchev–Trinajstić information content (AvgIpc) is 2.82. The Bertz CT molecular complexity index is 969. The molecule has 2 aromatic carbocycles. The Hall–Kier alpha value is -3.13. The number of aryl methyl sites for hydroxylation is 2. The van der Waals surface area contributed by atoms with Crippen molar-refractivity contribution in [3.63, 3.8) is 0 Å². The lowest BCUT2D eigenvalue weighted by atomic mass is 9.97. The summed E-state index contributed by atoms with van der Waals surface area (Å²) in [5.74, 6) is 0.220. The molecule has 1 fully saturated rings. The van der Waals surface area contributed by atoms with Crippen LogP contribution in [-0.2, 0) is 17.6 Å². The van der Waals surface area contributed by atoms with Crippen molar-refractivity contribution in [1.29, 1.82) is 5.26 Å². The first-order chi connectivity index (χ1) is 14.7. The molecule has 0 saturated carbocycles. The molecule has 2 amide bonds. The molecule has 5 heteroatoms. The highest BCUT2D eigenvalue weighted by Gasteiger charge is 2.25. The van der Waals surface area contributed by atoms with E-state index in [2.05, 4.69) is 6.07 Å². The normalized spacial score (nSPS) is 16.0. The summed E-state index contributed by atoms with van der Waals surface area (Å²) in [5.41, 5.74) is 4.46. The van der Waals surface area contributed by atoms with E-state index >= 15 is 0 Å². The Morgan fingerprint density at radius 2 is 1.70 bits per heavy atom. The predicted octanol–water partition coefficient (Wildman–Crippen LogP) is 4.10. The molecule has 0 N–H and O–H groups in total. The Morgan fingerprint density at radius 1 is 0.933 bits per heavy atom. The Labute approximate surface area is 177 Å². The molecule has 0 aromatic heterocycles. The van der Waals surface area contributed by atoms with Crippen LogP contribution in [-0.4, -0.2) is 36.3 Å². The molecule has 0 bridgehead atoms. The van der Waals surface area contributed by atoms with E-state index < -0.39 is 0 Å². The summed E-state index contributed by atoms with van der Waals surface area (Å²) >= 11 is 0. The molecule has 2 aromatic rings. The third kappa shape index (κ3) is 4.38. The number of rotatable bonds is 4. The molecule has 2 aliphatic heterocycles. The molecule has 154 valence electrons. The van der Waals surface area contributed by atoms with E-state index in [-0.39, 0.29) is 11.8 Å². The van der Waals surface area contributed by atoms with Gasteiger partial charge in [0.15, 0.2) is 0 Å². The number of likely N-dealkylation sites (tertiary alicyclic amines) is 1. The minimum atomic E-state index is 0.107. The number of amides is 2. The molecule has 1 saturated heterocycles. The Morgan fingerprint density at radius 3 is 2.43 bits per heavy atom. The number of hydrogen-bond acceptors (Lipinski definition) is 3. The zero-order valence-electron chi connectivity index (χ0n) is 17.3. The van der Waals surface area contributed by atoms with Crippen LogP contribution in [0.15, 0.2) is 42.5 Å². The minimum absolute atomic E-state index is 0.107. The van der Waals surface area contributed by atoms with E-state index in [0.717, 1.165) is 67.7 Å². The number of anilines is 1. The summed E-state index contributed by atoms with van der Waals surface area (Å²) in [7, 11) is 0. The highest BCUT2D eigenvalue weighted by Crippen LogP contribution is 2.29. The average molecular weight is 402 g/mol. The van der Waals surface area contributed by atoms with Crippen LogP contribution in [0.3, 0.4) is 0 Å². The quantitative estimate of drug-likeness (QED) is 0.775. The van der Waals surface area contributed by atoms with Crippen molar-refractivity contribution in [1.82, 2.24) is 4.90 Å². The third-order valence-electron chi connectivity index (χ3n) is 6.10. The molecule has 30 heavy (non-hydrogen) atoms. The van der Waals surface area contributed by atoms with Crippen molar-refractivity contribution >= 4 is 17.5 Å². The van der Waals surface area contributed by atoms with Crippen molar-refractivity contribution in [3.8, 4) is 6.07 Å². The van der Waals surface area contributed by atoms with Gasteiger partial charge in [-0.15, -0.1) is 0 Å². The van der Waals surface area contributed by atoms with Gasteiger partial charge in [0, 0.05) is 37.3 Å². The van der Waals surface area contributed by atoms with E-state index in [1.807, 2.05) is 40.1 Å². The van der Waals surface area contributed by atoms with Crippen LogP contribution in [0.4, 0.5) is 5.69 Å². The summed E-state index contributed by atoms with van der Waals surface area (Å²) in [6.45, 7) is 2.41. The summed E-state index contributed by atoms with van der Waals surface area (Å²) in [4.78, 5) is 29.6. The molecular formula is C25H27N3O2. The first kappa shape index (κ1) is 20.2. The lowest BCUT2D eigenvalue weighted by Gasteiger charge is -2.31. The standard InChI is InChI=1S/C25H27N3O2/c26-18-20-8-6-19(7-9-20)10-13-24(29)28-16-4-5-21-17-22(11-12-23(21)28)25(30)27-14-2-1-3-15-27/h6-9,11-12,17H,1-5,10,13-16H2. The number of nitriles is 1. The zero-order chi connectivity index (χ0) is 20.9. The lowest BCUT2D eigenvalue weighted by molar-refractivity contribution is -0.118. The van der Waals surface area contributed by atoms with Gasteiger partial charge in [0.1, 0.15) is 0 Å². The fraction of sp³-hybridized carbons (Fsp3) is 0.400. The van der Waals surface area contributed by atoms with E-state index in [9.17, 15) is 9.59 Å². The maximum Gasteiger partial charge on any atom is 0.253 e. The zero-order valence-corrected chi connectivity index (χ0v) is 17.3. The molecule has 0 spiro atoms. The van der Waals surface area contributed by atoms with Crippen LogP contribution >= 0.6 is 0 Å². The van der Waals surface area contributed by atoms with Gasteiger partial charge < -0.3 is 9.80 Å². The van der Waals surface area contributed by atoms with Crippen LogP contribution < -0.4 is 4.90 Å². The van der Waals surface area contributed by atoms with Gasteiger partial charge in [0.2, 0.25) is 5.91 Å². The van der Waals surface area contributed by atoms with Gasteiger partial charge in [-0.3, -0.25) is 9.59 Å². The fourth-order valence-corrected chi connectivity index (χ4v) is 4.40. The molecule has 0 atom stereocenters. The first-order valence-corrected chi connectivity index (χ1v) is 10.9. The second-order valence-electron chi connectivity index (χ2n) is 8.15. The van der Waals surface area contributed by atoms with Crippen molar-refractivity contribution in [2.75, 3.05) is 24.5 Å². The molecule has 4 rings (SSSR count). The maximum absolute atomic E-state index is 12.9. The van der Waals surface area contributed by atoms with Gasteiger partial charge in [-0.25, -0.2) is 0 Å². The number of carbonyl (C=O) groups excluding carboxylic acids is 2. The van der Waals surface area contributed by atoms with Gasteiger partial charge in [-0.05, 0) is 80.0 Å². The van der Waals surface area contributed by atoms with Crippen LogP contribution in [0.25, 0.3) is 0 Å². The van der Waals surface area contributed by atoms with Crippen molar-refractivity contribution < 1.29 is 9.59 Å². The van der Waals surface area contributed by atoms with Crippen LogP contribution in [0.1, 0.15) is 59.2 Å². The van der Waals surface area contributed by atoms with Crippen molar-refractivity contribution in [3.05, 3.63) is 64.7 Å². The van der Waals surface area contributed by atoms with Crippen molar-refractivity contribution in [2.24, 2.45) is 0 Å². The number of piperidine rings is 1. The lowest BCUT2D eigenvalue weighted by Crippen LogP contribution is -2.37. The van der Waals surface area contributed by atoms with E-state index in [1.165, 1.54) is 6.42 Å². The van der Waals surface area contributed by atoms with Gasteiger partial charge in [-0.1, -0.05) is 12.1 Å². The number of fused-ring (bicyclic) bond motifs is 1. The molecular weight excluding hydrogens is 374 g/mol. The van der Waals surface area contributed by atoms with Crippen LogP contribution in [0, 0.1) is 11.3 Å².